The fourth-order valence-corrected chi connectivity index (χ4v) is 2.49. The number of anilines is 1. The first-order chi connectivity index (χ1) is 9.08. The average Bonchev–Trinajstić information content (AvgIpc) is 2.90. The number of nitrogens with one attached hydrogen (secondary N) is 1. The number of thiophene rings is 1. The van der Waals surface area contributed by atoms with E-state index in [0.29, 0.717) is 6.54 Å². The second-order valence-electron chi connectivity index (χ2n) is 4.29. The third kappa shape index (κ3) is 3.33. The van der Waals surface area contributed by atoms with Crippen LogP contribution in [0.15, 0.2) is 35.0 Å². The van der Waals surface area contributed by atoms with Crippen molar-refractivity contribution in [2.45, 2.75) is 13.0 Å². The number of rotatable bonds is 5. The van der Waals surface area contributed by atoms with Crippen LogP contribution in [0.4, 0.5) is 5.69 Å². The van der Waals surface area contributed by atoms with Crippen LogP contribution < -0.4 is 5.32 Å². The Bertz CT molecular complexity index is 566. The fourth-order valence-electron chi connectivity index (χ4n) is 1.78. The van der Waals surface area contributed by atoms with Crippen LogP contribution in [0.1, 0.15) is 27.6 Å². The van der Waals surface area contributed by atoms with Crippen molar-refractivity contribution in [3.63, 3.8) is 0 Å². The van der Waals surface area contributed by atoms with Crippen molar-refractivity contribution >= 4 is 23.0 Å². The van der Waals surface area contributed by atoms with E-state index in [0.717, 1.165) is 16.8 Å². The third-order valence-corrected chi connectivity index (χ3v) is 3.59. The normalized spacial score (nSPS) is 12.1. The van der Waals surface area contributed by atoms with Crippen molar-refractivity contribution in [1.82, 2.24) is 0 Å². The van der Waals surface area contributed by atoms with Gasteiger partial charge in [0.25, 0.3) is 0 Å². The maximum Gasteiger partial charge on any atom is 0.335 e. The summed E-state index contributed by atoms with van der Waals surface area (Å²) in [6.07, 6.45) is -0.565. The number of hydrogen-bond acceptors (Lipinski definition) is 4. The zero-order valence-electron chi connectivity index (χ0n) is 10.5. The van der Waals surface area contributed by atoms with Gasteiger partial charge in [-0.05, 0) is 53.1 Å². The number of aromatic carboxylic acids is 1. The van der Waals surface area contributed by atoms with E-state index in [-0.39, 0.29) is 5.56 Å². The number of aryl methyl sites for hydroxylation is 1. The van der Waals surface area contributed by atoms with Crippen LogP contribution in [0, 0.1) is 6.92 Å². The number of carbonyl (C=O) groups is 1. The quantitative estimate of drug-likeness (QED) is 0.786. The SMILES string of the molecule is Cc1cc(C(=O)O)ccc1NCC(O)c1ccsc1. The summed E-state index contributed by atoms with van der Waals surface area (Å²) in [6, 6.07) is 6.77. The molecule has 4 nitrogen and oxygen atoms in total. The van der Waals surface area contributed by atoms with E-state index >= 15 is 0 Å². The standard InChI is InChI=1S/C14H15NO3S/c1-9-6-10(14(17)18)2-3-12(9)15-7-13(16)11-4-5-19-8-11/h2-6,8,13,15-16H,7H2,1H3,(H,17,18). The van der Waals surface area contributed by atoms with Crippen LogP contribution >= 0.6 is 11.3 Å². The molecular weight excluding hydrogens is 262 g/mol. The monoisotopic (exact) mass is 277 g/mol. The van der Waals surface area contributed by atoms with Crippen molar-refractivity contribution in [2.24, 2.45) is 0 Å². The highest BCUT2D eigenvalue weighted by Crippen LogP contribution is 2.20. The van der Waals surface area contributed by atoms with Gasteiger partial charge in [0.05, 0.1) is 11.7 Å². The van der Waals surface area contributed by atoms with Crippen molar-refractivity contribution in [3.8, 4) is 0 Å². The molecule has 0 aliphatic heterocycles. The molecular formula is C14H15NO3S. The van der Waals surface area contributed by atoms with E-state index in [1.54, 1.807) is 29.5 Å². The summed E-state index contributed by atoms with van der Waals surface area (Å²) in [4.78, 5) is 10.8. The van der Waals surface area contributed by atoms with Crippen LogP contribution in [-0.4, -0.2) is 22.7 Å². The largest absolute Gasteiger partial charge is 0.478 e. The van der Waals surface area contributed by atoms with Gasteiger partial charge in [0.2, 0.25) is 0 Å². The highest BCUT2D eigenvalue weighted by molar-refractivity contribution is 7.07. The van der Waals surface area contributed by atoms with Crippen molar-refractivity contribution in [3.05, 3.63) is 51.7 Å². The minimum Gasteiger partial charge on any atom is -0.478 e. The molecule has 2 aromatic rings. The molecule has 0 spiro atoms. The van der Waals surface area contributed by atoms with Gasteiger partial charge in [0.15, 0.2) is 0 Å². The highest BCUT2D eigenvalue weighted by atomic mass is 32.1. The van der Waals surface area contributed by atoms with Gasteiger partial charge in [0.1, 0.15) is 0 Å². The predicted molar refractivity (Wildman–Crippen MR) is 75.9 cm³/mol. The third-order valence-electron chi connectivity index (χ3n) is 2.89. The summed E-state index contributed by atoms with van der Waals surface area (Å²) in [5.74, 6) is -0.937. The summed E-state index contributed by atoms with van der Waals surface area (Å²) < 4.78 is 0. The first-order valence-corrected chi connectivity index (χ1v) is 6.80. The van der Waals surface area contributed by atoms with Crippen LogP contribution in [0.2, 0.25) is 0 Å². The Morgan fingerprint density at radius 1 is 1.42 bits per heavy atom. The zero-order chi connectivity index (χ0) is 13.8. The Kier molecular flexibility index (Phi) is 4.19. The van der Waals surface area contributed by atoms with E-state index in [4.69, 9.17) is 5.11 Å². The van der Waals surface area contributed by atoms with E-state index in [9.17, 15) is 9.90 Å². The Morgan fingerprint density at radius 3 is 2.79 bits per heavy atom. The average molecular weight is 277 g/mol. The zero-order valence-corrected chi connectivity index (χ0v) is 11.3. The number of aliphatic hydroxyl groups is 1. The first kappa shape index (κ1) is 13.6. The second-order valence-corrected chi connectivity index (χ2v) is 5.07. The van der Waals surface area contributed by atoms with Gasteiger partial charge in [0, 0.05) is 12.2 Å². The van der Waals surface area contributed by atoms with Crippen molar-refractivity contribution < 1.29 is 15.0 Å². The van der Waals surface area contributed by atoms with Gasteiger partial charge in [-0.3, -0.25) is 0 Å². The molecule has 0 saturated carbocycles. The molecule has 0 aliphatic carbocycles. The summed E-state index contributed by atoms with van der Waals surface area (Å²) in [6.45, 7) is 2.23. The lowest BCUT2D eigenvalue weighted by atomic mass is 10.1. The topological polar surface area (TPSA) is 69.6 Å². The number of benzene rings is 1. The van der Waals surface area contributed by atoms with Gasteiger partial charge < -0.3 is 15.5 Å². The molecule has 0 saturated heterocycles. The molecule has 0 bridgehead atoms. The minimum absolute atomic E-state index is 0.265. The number of aliphatic hydroxyl groups excluding tert-OH is 1. The summed E-state index contributed by atoms with van der Waals surface area (Å²) in [5.41, 5.74) is 2.83. The highest BCUT2D eigenvalue weighted by Gasteiger charge is 2.09. The molecule has 19 heavy (non-hydrogen) atoms. The van der Waals surface area contributed by atoms with Crippen molar-refractivity contribution in [1.29, 1.82) is 0 Å². The number of hydrogen-bond donors (Lipinski definition) is 3. The van der Waals surface area contributed by atoms with Gasteiger partial charge in [-0.25, -0.2) is 4.79 Å². The van der Waals surface area contributed by atoms with Gasteiger partial charge >= 0.3 is 5.97 Å². The first-order valence-electron chi connectivity index (χ1n) is 5.86. The Morgan fingerprint density at radius 2 is 2.21 bits per heavy atom. The van der Waals surface area contributed by atoms with E-state index in [2.05, 4.69) is 5.32 Å². The molecule has 1 aromatic carbocycles. The number of carboxylic acids is 1. The molecule has 1 aromatic heterocycles. The molecule has 5 heteroatoms. The molecule has 0 amide bonds. The lowest BCUT2D eigenvalue weighted by molar-refractivity contribution is 0.0697. The van der Waals surface area contributed by atoms with Crippen molar-refractivity contribution in [2.75, 3.05) is 11.9 Å². The maximum absolute atomic E-state index is 10.8. The predicted octanol–water partition coefficient (Wildman–Crippen LogP) is 2.90. The van der Waals surface area contributed by atoms with Crippen LogP contribution in [-0.2, 0) is 0 Å². The van der Waals surface area contributed by atoms with E-state index < -0.39 is 12.1 Å². The van der Waals surface area contributed by atoms with Crippen LogP contribution in [0.3, 0.4) is 0 Å². The summed E-state index contributed by atoms with van der Waals surface area (Å²) in [5, 5.41) is 25.8. The Hall–Kier alpha value is -1.85. The lowest BCUT2D eigenvalue weighted by Crippen LogP contribution is -2.12. The van der Waals surface area contributed by atoms with Crippen LogP contribution in [0.25, 0.3) is 0 Å². The molecule has 0 radical (unpaired) electrons. The number of carboxylic acid groups (broad SMARTS) is 1. The van der Waals surface area contributed by atoms with Gasteiger partial charge in [-0.15, -0.1) is 0 Å². The molecule has 1 heterocycles. The fraction of sp³-hybridized carbons (Fsp3) is 0.214. The van der Waals surface area contributed by atoms with Gasteiger partial charge in [-0.1, -0.05) is 0 Å². The molecule has 3 N–H and O–H groups in total. The molecule has 100 valence electrons. The second kappa shape index (κ2) is 5.86. The molecule has 1 atom stereocenters. The molecule has 1 unspecified atom stereocenters. The summed E-state index contributed by atoms with van der Waals surface area (Å²) in [7, 11) is 0. The Balaban J connectivity index is 2.02. The molecule has 0 aliphatic rings. The van der Waals surface area contributed by atoms with Crippen LogP contribution in [0.5, 0.6) is 0 Å². The summed E-state index contributed by atoms with van der Waals surface area (Å²) >= 11 is 1.54. The molecule has 2 rings (SSSR count). The Labute approximate surface area is 115 Å². The maximum atomic E-state index is 10.8. The minimum atomic E-state index is -0.937. The smallest absolute Gasteiger partial charge is 0.335 e. The molecule has 0 fully saturated rings. The van der Waals surface area contributed by atoms with E-state index in [1.165, 1.54) is 0 Å². The van der Waals surface area contributed by atoms with Gasteiger partial charge in [-0.2, -0.15) is 11.3 Å². The van der Waals surface area contributed by atoms with E-state index in [1.807, 2.05) is 23.8 Å². The lowest BCUT2D eigenvalue weighted by Gasteiger charge is -2.14.